The van der Waals surface area contributed by atoms with Gasteiger partial charge < -0.3 is 20.3 Å². The number of aliphatic imine (C=N–C) groups is 1. The molecule has 0 aliphatic rings. The molecule has 0 saturated heterocycles. The number of aryl methyl sites for hydroxylation is 1. The number of nitrogens with one attached hydrogen (secondary N) is 2. The van der Waals surface area contributed by atoms with E-state index in [4.69, 9.17) is 4.74 Å². The van der Waals surface area contributed by atoms with Crippen molar-refractivity contribution < 1.29 is 4.74 Å². The van der Waals surface area contributed by atoms with Crippen molar-refractivity contribution in [3.63, 3.8) is 0 Å². The van der Waals surface area contributed by atoms with Crippen LogP contribution in [0.2, 0.25) is 0 Å². The first-order chi connectivity index (χ1) is 10.8. The minimum absolute atomic E-state index is 0.169. The predicted octanol–water partition coefficient (Wildman–Crippen LogP) is 2.26. The van der Waals surface area contributed by atoms with Gasteiger partial charge in [-0.3, -0.25) is 4.99 Å². The van der Waals surface area contributed by atoms with E-state index in [1.807, 2.05) is 6.07 Å². The van der Waals surface area contributed by atoms with Crippen LogP contribution in [0.4, 0.5) is 0 Å². The molecule has 0 heterocycles. The monoisotopic (exact) mass is 320 g/mol. The molecule has 0 amide bonds. The van der Waals surface area contributed by atoms with E-state index in [-0.39, 0.29) is 5.41 Å². The molecule has 5 heteroatoms. The van der Waals surface area contributed by atoms with Crippen molar-refractivity contribution in [1.29, 1.82) is 0 Å². The van der Waals surface area contributed by atoms with Gasteiger partial charge in [-0.05, 0) is 38.1 Å². The van der Waals surface area contributed by atoms with E-state index in [1.54, 1.807) is 14.2 Å². The molecule has 0 saturated carbocycles. The third-order valence-electron chi connectivity index (χ3n) is 3.59. The first kappa shape index (κ1) is 19.3. The van der Waals surface area contributed by atoms with Gasteiger partial charge in [0, 0.05) is 32.2 Å². The highest BCUT2D eigenvalue weighted by atomic mass is 16.5. The number of rotatable bonds is 7. The summed E-state index contributed by atoms with van der Waals surface area (Å²) >= 11 is 0. The maximum absolute atomic E-state index is 5.44. The quantitative estimate of drug-likeness (QED) is 0.598. The van der Waals surface area contributed by atoms with Gasteiger partial charge in [0.1, 0.15) is 5.75 Å². The van der Waals surface area contributed by atoms with Crippen LogP contribution in [0, 0.1) is 12.3 Å². The summed E-state index contributed by atoms with van der Waals surface area (Å²) in [6, 6.07) is 6.23. The molecule has 2 N–H and O–H groups in total. The second-order valence-electron chi connectivity index (χ2n) is 7.00. The van der Waals surface area contributed by atoms with Gasteiger partial charge in [0.25, 0.3) is 0 Å². The Kier molecular flexibility index (Phi) is 7.36. The zero-order valence-corrected chi connectivity index (χ0v) is 15.7. The number of methoxy groups -OCH3 is 1. The van der Waals surface area contributed by atoms with E-state index in [0.29, 0.717) is 6.54 Å². The maximum atomic E-state index is 5.44. The second-order valence-corrected chi connectivity index (χ2v) is 7.00. The summed E-state index contributed by atoms with van der Waals surface area (Å²) in [6.45, 7) is 9.11. The van der Waals surface area contributed by atoms with Gasteiger partial charge in [-0.1, -0.05) is 26.0 Å². The largest absolute Gasteiger partial charge is 0.496 e. The lowest BCUT2D eigenvalue weighted by Crippen LogP contribution is -2.44. The Bertz CT molecular complexity index is 524. The first-order valence-corrected chi connectivity index (χ1v) is 8.00. The normalized spacial score (nSPS) is 12.4. The number of ether oxygens (including phenoxy) is 1. The molecule has 130 valence electrons. The lowest BCUT2D eigenvalue weighted by atomic mass is 9.93. The van der Waals surface area contributed by atoms with Gasteiger partial charge in [-0.2, -0.15) is 0 Å². The molecule has 0 atom stereocenters. The molecule has 1 aromatic rings. The highest BCUT2D eigenvalue weighted by Gasteiger charge is 2.19. The average Bonchev–Trinajstić information content (AvgIpc) is 2.47. The second kappa shape index (κ2) is 8.77. The third kappa shape index (κ3) is 6.91. The zero-order valence-electron chi connectivity index (χ0n) is 15.7. The molecule has 1 rings (SSSR count). The van der Waals surface area contributed by atoms with E-state index >= 15 is 0 Å². The number of hydrogen-bond acceptors (Lipinski definition) is 3. The van der Waals surface area contributed by atoms with Crippen molar-refractivity contribution in [1.82, 2.24) is 15.5 Å². The van der Waals surface area contributed by atoms with Crippen LogP contribution in [0.15, 0.2) is 23.2 Å². The molecule has 0 radical (unpaired) electrons. The molecular formula is C18H32N4O. The SMILES string of the molecule is CN=C(NCc1ccc(C)cc1OC)NCC(C)(C)CN(C)C. The topological polar surface area (TPSA) is 48.9 Å². The van der Waals surface area contributed by atoms with Crippen molar-refractivity contribution in [3.05, 3.63) is 29.3 Å². The molecule has 0 aliphatic heterocycles. The van der Waals surface area contributed by atoms with Crippen LogP contribution in [0.25, 0.3) is 0 Å². The molecule has 0 fully saturated rings. The Morgan fingerprint density at radius 1 is 1.26 bits per heavy atom. The number of hydrogen-bond donors (Lipinski definition) is 2. The molecule has 0 aromatic heterocycles. The minimum atomic E-state index is 0.169. The number of guanidine groups is 1. The van der Waals surface area contributed by atoms with Crippen LogP contribution < -0.4 is 15.4 Å². The Morgan fingerprint density at radius 3 is 2.52 bits per heavy atom. The predicted molar refractivity (Wildman–Crippen MR) is 98.3 cm³/mol. The Hall–Kier alpha value is -1.75. The van der Waals surface area contributed by atoms with Gasteiger partial charge in [0.05, 0.1) is 7.11 Å². The van der Waals surface area contributed by atoms with Crippen LogP contribution in [-0.2, 0) is 6.54 Å². The van der Waals surface area contributed by atoms with Crippen molar-refractivity contribution in [2.75, 3.05) is 41.3 Å². The summed E-state index contributed by atoms with van der Waals surface area (Å²) in [5.74, 6) is 1.71. The Labute approximate surface area is 141 Å². The molecule has 0 spiro atoms. The molecular weight excluding hydrogens is 288 g/mol. The lowest BCUT2D eigenvalue weighted by molar-refractivity contribution is 0.241. The molecule has 23 heavy (non-hydrogen) atoms. The van der Waals surface area contributed by atoms with E-state index in [9.17, 15) is 0 Å². The van der Waals surface area contributed by atoms with Crippen LogP contribution in [0.3, 0.4) is 0 Å². The fourth-order valence-corrected chi connectivity index (χ4v) is 2.63. The Balaban J connectivity index is 2.58. The molecule has 1 aromatic carbocycles. The van der Waals surface area contributed by atoms with Gasteiger partial charge in [-0.15, -0.1) is 0 Å². The van der Waals surface area contributed by atoms with Gasteiger partial charge >= 0.3 is 0 Å². The fourth-order valence-electron chi connectivity index (χ4n) is 2.63. The smallest absolute Gasteiger partial charge is 0.191 e. The van der Waals surface area contributed by atoms with E-state index in [2.05, 4.69) is 67.5 Å². The van der Waals surface area contributed by atoms with Crippen molar-refractivity contribution in [2.45, 2.75) is 27.3 Å². The summed E-state index contributed by atoms with van der Waals surface area (Å²) < 4.78 is 5.44. The molecule has 0 unspecified atom stereocenters. The standard InChI is InChI=1S/C18H32N4O/c1-14-8-9-15(16(10-14)23-7)11-20-17(19-4)21-12-18(2,3)13-22(5)6/h8-10H,11-13H2,1-7H3,(H2,19,20,21). The van der Waals surface area contributed by atoms with Crippen molar-refractivity contribution in [3.8, 4) is 5.75 Å². The van der Waals surface area contributed by atoms with Crippen molar-refractivity contribution in [2.24, 2.45) is 10.4 Å². The van der Waals surface area contributed by atoms with Gasteiger partial charge in [0.15, 0.2) is 5.96 Å². The van der Waals surface area contributed by atoms with E-state index in [1.165, 1.54) is 5.56 Å². The number of benzene rings is 1. The molecule has 0 aliphatic carbocycles. The number of nitrogens with zero attached hydrogens (tertiary/aromatic N) is 2. The highest BCUT2D eigenvalue weighted by molar-refractivity contribution is 5.79. The fraction of sp³-hybridized carbons (Fsp3) is 0.611. The molecule has 5 nitrogen and oxygen atoms in total. The summed E-state index contributed by atoms with van der Waals surface area (Å²) in [5.41, 5.74) is 2.48. The summed E-state index contributed by atoms with van der Waals surface area (Å²) in [4.78, 5) is 6.50. The molecule has 0 bridgehead atoms. The van der Waals surface area contributed by atoms with Crippen LogP contribution in [0.1, 0.15) is 25.0 Å². The van der Waals surface area contributed by atoms with Gasteiger partial charge in [0.2, 0.25) is 0 Å². The third-order valence-corrected chi connectivity index (χ3v) is 3.59. The summed E-state index contributed by atoms with van der Waals surface area (Å²) in [6.07, 6.45) is 0. The average molecular weight is 320 g/mol. The Morgan fingerprint density at radius 2 is 1.96 bits per heavy atom. The zero-order chi connectivity index (χ0) is 17.5. The van der Waals surface area contributed by atoms with Gasteiger partial charge in [-0.25, -0.2) is 0 Å². The lowest BCUT2D eigenvalue weighted by Gasteiger charge is -2.29. The van der Waals surface area contributed by atoms with Crippen LogP contribution in [0.5, 0.6) is 5.75 Å². The highest BCUT2D eigenvalue weighted by Crippen LogP contribution is 2.19. The summed E-state index contributed by atoms with van der Waals surface area (Å²) in [7, 11) is 7.69. The minimum Gasteiger partial charge on any atom is -0.496 e. The van der Waals surface area contributed by atoms with Crippen molar-refractivity contribution >= 4 is 5.96 Å². The van der Waals surface area contributed by atoms with E-state index in [0.717, 1.165) is 30.4 Å². The van der Waals surface area contributed by atoms with Crippen LogP contribution in [-0.4, -0.2) is 52.2 Å². The van der Waals surface area contributed by atoms with E-state index < -0.39 is 0 Å². The summed E-state index contributed by atoms with van der Waals surface area (Å²) in [5, 5.41) is 6.76. The van der Waals surface area contributed by atoms with Crippen LogP contribution >= 0.6 is 0 Å². The maximum Gasteiger partial charge on any atom is 0.191 e. The first-order valence-electron chi connectivity index (χ1n) is 8.00.